The van der Waals surface area contributed by atoms with Crippen LogP contribution in [0.2, 0.25) is 0 Å². The highest BCUT2D eigenvalue weighted by Crippen LogP contribution is 2.39. The Balaban J connectivity index is 2.04. The Bertz CT molecular complexity index is 1330. The monoisotopic (exact) mass is 444 g/mol. The Morgan fingerprint density at radius 3 is 1.39 bits per heavy atom. The highest BCUT2D eigenvalue weighted by atomic mass is 16.4. The zero-order valence-corrected chi connectivity index (χ0v) is 18.3. The van der Waals surface area contributed by atoms with E-state index in [-0.39, 0.29) is 17.5 Å². The molecule has 0 saturated heterocycles. The van der Waals surface area contributed by atoms with Gasteiger partial charge < -0.3 is 20.4 Å². The van der Waals surface area contributed by atoms with Gasteiger partial charge in [0.05, 0.1) is 0 Å². The first-order valence-corrected chi connectivity index (χ1v) is 10.8. The van der Waals surface area contributed by atoms with Gasteiger partial charge in [0.2, 0.25) is 0 Å². The standard InChI is InChI=1S/C27H24O6/c1-3-14-5-7-18-16(9-14)11-22(26(30)31)24(28)20(18)13-21-19-8-6-15(4-2)10-17(19)12-23(25(21)29)27(32)33/h5-12,28-29H,3-4,13H2,1-2H3,(H,30,31)(H,32,33). The van der Waals surface area contributed by atoms with Crippen molar-refractivity contribution in [1.82, 2.24) is 0 Å². The van der Waals surface area contributed by atoms with E-state index < -0.39 is 23.4 Å². The number of hydrogen-bond donors (Lipinski definition) is 4. The van der Waals surface area contributed by atoms with Crippen molar-refractivity contribution in [3.8, 4) is 11.5 Å². The number of carboxylic acid groups (broad SMARTS) is 2. The SMILES string of the molecule is CCc1ccc2c(Cc3c(O)c(C(=O)O)cc4cc(CC)ccc34)c(O)c(C(=O)O)cc2c1. The second-order valence-electron chi connectivity index (χ2n) is 8.11. The summed E-state index contributed by atoms with van der Waals surface area (Å²) < 4.78 is 0. The van der Waals surface area contributed by atoms with E-state index in [0.717, 1.165) is 24.0 Å². The third-order valence-electron chi connectivity index (χ3n) is 6.19. The first-order chi connectivity index (χ1) is 15.7. The van der Waals surface area contributed by atoms with Gasteiger partial charge in [-0.15, -0.1) is 0 Å². The van der Waals surface area contributed by atoms with Gasteiger partial charge in [-0.1, -0.05) is 50.2 Å². The first-order valence-electron chi connectivity index (χ1n) is 10.8. The van der Waals surface area contributed by atoms with Crippen molar-refractivity contribution in [2.75, 3.05) is 0 Å². The number of carboxylic acids is 2. The van der Waals surface area contributed by atoms with E-state index in [0.29, 0.717) is 32.7 Å². The van der Waals surface area contributed by atoms with E-state index in [4.69, 9.17) is 0 Å². The molecule has 0 saturated carbocycles. The van der Waals surface area contributed by atoms with Gasteiger partial charge in [-0.3, -0.25) is 0 Å². The van der Waals surface area contributed by atoms with Crippen LogP contribution in [0.5, 0.6) is 11.5 Å². The third kappa shape index (κ3) is 3.84. The molecule has 0 radical (unpaired) electrons. The summed E-state index contributed by atoms with van der Waals surface area (Å²) >= 11 is 0. The van der Waals surface area contributed by atoms with E-state index in [1.807, 2.05) is 50.2 Å². The fourth-order valence-electron chi connectivity index (χ4n) is 4.34. The molecule has 0 unspecified atom stereocenters. The van der Waals surface area contributed by atoms with E-state index in [2.05, 4.69) is 0 Å². The van der Waals surface area contributed by atoms with Gasteiger partial charge in [0.25, 0.3) is 0 Å². The van der Waals surface area contributed by atoms with Gasteiger partial charge in [-0.05, 0) is 57.6 Å². The number of aromatic hydroxyl groups is 2. The van der Waals surface area contributed by atoms with E-state index in [9.17, 15) is 30.0 Å². The van der Waals surface area contributed by atoms with Crippen LogP contribution in [0, 0.1) is 0 Å². The van der Waals surface area contributed by atoms with Crippen LogP contribution in [0.25, 0.3) is 21.5 Å². The average Bonchev–Trinajstić information content (AvgIpc) is 2.80. The van der Waals surface area contributed by atoms with Crippen LogP contribution in [0.15, 0.2) is 48.5 Å². The van der Waals surface area contributed by atoms with E-state index in [1.54, 1.807) is 0 Å². The first kappa shape index (κ1) is 22.1. The zero-order valence-electron chi connectivity index (χ0n) is 18.3. The second-order valence-corrected chi connectivity index (χ2v) is 8.11. The van der Waals surface area contributed by atoms with Crippen molar-refractivity contribution in [2.24, 2.45) is 0 Å². The molecule has 4 N–H and O–H groups in total. The minimum atomic E-state index is -1.27. The van der Waals surface area contributed by atoms with Crippen LogP contribution in [-0.2, 0) is 19.3 Å². The molecule has 0 spiro atoms. The van der Waals surface area contributed by atoms with Gasteiger partial charge in [0, 0.05) is 17.5 Å². The molecule has 0 atom stereocenters. The molecule has 6 heteroatoms. The summed E-state index contributed by atoms with van der Waals surface area (Å²) in [6.07, 6.45) is 1.49. The Morgan fingerprint density at radius 1 is 0.667 bits per heavy atom. The topological polar surface area (TPSA) is 115 Å². The summed E-state index contributed by atoms with van der Waals surface area (Å²) in [7, 11) is 0. The lowest BCUT2D eigenvalue weighted by Crippen LogP contribution is -2.04. The van der Waals surface area contributed by atoms with E-state index >= 15 is 0 Å². The van der Waals surface area contributed by atoms with Gasteiger partial charge in [0.1, 0.15) is 22.6 Å². The summed E-state index contributed by atoms with van der Waals surface area (Å²) in [6.45, 7) is 3.99. The van der Waals surface area contributed by atoms with Crippen molar-refractivity contribution in [3.63, 3.8) is 0 Å². The van der Waals surface area contributed by atoms with Crippen molar-refractivity contribution in [2.45, 2.75) is 33.1 Å². The van der Waals surface area contributed by atoms with Crippen LogP contribution in [-0.4, -0.2) is 32.4 Å². The predicted molar refractivity (Wildman–Crippen MR) is 127 cm³/mol. The Kier molecular flexibility index (Phi) is 5.68. The molecule has 0 fully saturated rings. The number of fused-ring (bicyclic) bond motifs is 2. The minimum absolute atomic E-state index is 0.0378. The molecule has 0 aliphatic heterocycles. The lowest BCUT2D eigenvalue weighted by Gasteiger charge is -2.17. The van der Waals surface area contributed by atoms with Gasteiger partial charge >= 0.3 is 11.9 Å². The summed E-state index contributed by atoms with van der Waals surface area (Å²) in [5, 5.41) is 43.7. The largest absolute Gasteiger partial charge is 0.507 e. The fourth-order valence-corrected chi connectivity index (χ4v) is 4.34. The maximum Gasteiger partial charge on any atom is 0.339 e. The maximum absolute atomic E-state index is 11.8. The minimum Gasteiger partial charge on any atom is -0.507 e. The molecule has 6 nitrogen and oxygen atoms in total. The van der Waals surface area contributed by atoms with Crippen LogP contribution in [0.1, 0.15) is 56.8 Å². The van der Waals surface area contributed by atoms with Crippen LogP contribution < -0.4 is 0 Å². The Labute approximate surface area is 190 Å². The smallest absolute Gasteiger partial charge is 0.339 e. The lowest BCUT2D eigenvalue weighted by atomic mass is 9.89. The average molecular weight is 444 g/mol. The number of hydrogen-bond acceptors (Lipinski definition) is 4. The number of benzene rings is 4. The molecule has 0 heterocycles. The molecular weight excluding hydrogens is 420 g/mol. The highest BCUT2D eigenvalue weighted by molar-refractivity contribution is 6.02. The highest BCUT2D eigenvalue weighted by Gasteiger charge is 2.23. The van der Waals surface area contributed by atoms with Crippen LogP contribution >= 0.6 is 0 Å². The van der Waals surface area contributed by atoms with Crippen molar-refractivity contribution < 1.29 is 30.0 Å². The second kappa shape index (κ2) is 8.47. The molecule has 33 heavy (non-hydrogen) atoms. The summed E-state index contributed by atoms with van der Waals surface area (Å²) in [4.78, 5) is 23.7. The molecular formula is C27H24O6. The molecule has 4 aromatic rings. The Morgan fingerprint density at radius 2 is 1.06 bits per heavy atom. The summed E-state index contributed by atoms with van der Waals surface area (Å²) in [5.41, 5.74) is 2.21. The third-order valence-corrected chi connectivity index (χ3v) is 6.19. The fraction of sp³-hybridized carbons (Fsp3) is 0.185. The van der Waals surface area contributed by atoms with Crippen molar-refractivity contribution in [3.05, 3.63) is 81.9 Å². The quantitative estimate of drug-likeness (QED) is 0.311. The molecule has 0 bridgehead atoms. The molecule has 0 aliphatic carbocycles. The molecule has 0 aromatic heterocycles. The van der Waals surface area contributed by atoms with E-state index in [1.165, 1.54) is 12.1 Å². The van der Waals surface area contributed by atoms with Crippen molar-refractivity contribution >= 4 is 33.5 Å². The summed E-state index contributed by atoms with van der Waals surface area (Å²) in [6, 6.07) is 14.1. The maximum atomic E-state index is 11.8. The van der Waals surface area contributed by atoms with Gasteiger partial charge in [-0.2, -0.15) is 0 Å². The normalized spacial score (nSPS) is 11.2. The lowest BCUT2D eigenvalue weighted by molar-refractivity contribution is 0.0682. The molecule has 168 valence electrons. The number of carbonyl (C=O) groups is 2. The van der Waals surface area contributed by atoms with Crippen molar-refractivity contribution in [1.29, 1.82) is 0 Å². The number of rotatable bonds is 6. The molecule has 4 aromatic carbocycles. The van der Waals surface area contributed by atoms with Gasteiger partial charge in [0.15, 0.2) is 0 Å². The predicted octanol–water partition coefficient (Wildman–Crippen LogP) is 5.52. The number of phenols is 2. The number of aromatic carboxylic acids is 2. The van der Waals surface area contributed by atoms with Crippen LogP contribution in [0.3, 0.4) is 0 Å². The molecule has 0 aliphatic rings. The van der Waals surface area contributed by atoms with Crippen LogP contribution in [0.4, 0.5) is 0 Å². The number of aryl methyl sites for hydroxylation is 2. The molecule has 0 amide bonds. The molecule has 4 rings (SSSR count). The Hall–Kier alpha value is -4.06. The zero-order chi connectivity index (χ0) is 23.9. The van der Waals surface area contributed by atoms with Gasteiger partial charge in [-0.25, -0.2) is 9.59 Å². The summed E-state index contributed by atoms with van der Waals surface area (Å²) in [5.74, 6) is -3.31.